The number of benzene rings is 2. The number of likely N-dealkylation sites (tertiary alicyclic amines) is 1. The molecule has 1 aliphatic heterocycles. The molecule has 1 atom stereocenters. The Morgan fingerprint density at radius 2 is 1.67 bits per heavy atom. The molecule has 4 nitrogen and oxygen atoms in total. The highest BCUT2D eigenvalue weighted by Crippen LogP contribution is 2.25. The lowest BCUT2D eigenvalue weighted by Gasteiger charge is -2.28. The number of alkyl halides is 3. The van der Waals surface area contributed by atoms with Gasteiger partial charge in [-0.15, -0.1) is 13.2 Å². The molecular weight excluding hydrogens is 357 g/mol. The largest absolute Gasteiger partial charge is 0.573 e. The molecule has 0 spiro atoms. The lowest BCUT2D eigenvalue weighted by molar-refractivity contribution is -0.274. The van der Waals surface area contributed by atoms with E-state index in [9.17, 15) is 18.0 Å². The van der Waals surface area contributed by atoms with Gasteiger partial charge in [0.25, 0.3) is 5.91 Å². The van der Waals surface area contributed by atoms with Gasteiger partial charge in [-0.2, -0.15) is 0 Å². The van der Waals surface area contributed by atoms with E-state index in [4.69, 9.17) is 0 Å². The van der Waals surface area contributed by atoms with Gasteiger partial charge < -0.3 is 10.1 Å². The molecule has 7 heteroatoms. The minimum absolute atomic E-state index is 0.0745. The minimum atomic E-state index is -4.75. The molecule has 144 valence electrons. The summed E-state index contributed by atoms with van der Waals surface area (Å²) in [6.45, 7) is 2.40. The summed E-state index contributed by atoms with van der Waals surface area (Å²) in [6.07, 6.45) is -2.47. The molecule has 0 saturated carbocycles. The maximum atomic E-state index is 12.4. The van der Waals surface area contributed by atoms with E-state index in [-0.39, 0.29) is 23.3 Å². The Morgan fingerprint density at radius 1 is 1.04 bits per heavy atom. The van der Waals surface area contributed by atoms with Gasteiger partial charge in [0, 0.05) is 12.1 Å². The Labute approximate surface area is 155 Å². The SMILES string of the molecule is O=C(NCC(c1ccccc1)N1CCCC1)c1ccc(OC(F)(F)F)cc1. The summed E-state index contributed by atoms with van der Waals surface area (Å²) in [5.74, 6) is -0.674. The van der Waals surface area contributed by atoms with E-state index in [1.165, 1.54) is 12.1 Å². The molecule has 1 N–H and O–H groups in total. The number of amides is 1. The fraction of sp³-hybridized carbons (Fsp3) is 0.350. The summed E-state index contributed by atoms with van der Waals surface area (Å²) in [5, 5.41) is 2.90. The molecule has 2 aromatic rings. The van der Waals surface area contributed by atoms with Crippen LogP contribution in [-0.2, 0) is 0 Å². The zero-order valence-electron chi connectivity index (χ0n) is 14.7. The summed E-state index contributed by atoms with van der Waals surface area (Å²) < 4.78 is 40.5. The Kier molecular flexibility index (Phi) is 6.01. The van der Waals surface area contributed by atoms with Crippen LogP contribution in [0.1, 0.15) is 34.8 Å². The van der Waals surface area contributed by atoms with E-state index < -0.39 is 6.36 Å². The van der Waals surface area contributed by atoms with Crippen LogP contribution >= 0.6 is 0 Å². The first-order valence-electron chi connectivity index (χ1n) is 8.85. The van der Waals surface area contributed by atoms with Gasteiger partial charge in [0.05, 0.1) is 6.04 Å². The van der Waals surface area contributed by atoms with Crippen molar-refractivity contribution in [3.05, 3.63) is 65.7 Å². The van der Waals surface area contributed by atoms with E-state index in [1.807, 2.05) is 30.3 Å². The molecule has 1 fully saturated rings. The van der Waals surface area contributed by atoms with Crippen LogP contribution in [0.4, 0.5) is 13.2 Å². The predicted molar refractivity (Wildman–Crippen MR) is 95.4 cm³/mol. The van der Waals surface area contributed by atoms with E-state index in [2.05, 4.69) is 15.0 Å². The highest BCUT2D eigenvalue weighted by atomic mass is 19.4. The number of rotatable bonds is 6. The second-order valence-corrected chi connectivity index (χ2v) is 6.45. The van der Waals surface area contributed by atoms with Gasteiger partial charge in [-0.3, -0.25) is 9.69 Å². The number of carbonyl (C=O) groups is 1. The highest BCUT2D eigenvalue weighted by molar-refractivity contribution is 5.94. The van der Waals surface area contributed by atoms with Crippen LogP contribution in [0, 0.1) is 0 Å². The molecular formula is C20H21F3N2O2. The molecule has 1 unspecified atom stereocenters. The van der Waals surface area contributed by atoms with Gasteiger partial charge >= 0.3 is 6.36 Å². The minimum Gasteiger partial charge on any atom is -0.406 e. The molecule has 3 rings (SSSR count). The van der Waals surface area contributed by atoms with Crippen molar-refractivity contribution in [1.82, 2.24) is 10.2 Å². The molecule has 0 aliphatic carbocycles. The smallest absolute Gasteiger partial charge is 0.406 e. The van der Waals surface area contributed by atoms with Crippen molar-refractivity contribution in [2.24, 2.45) is 0 Å². The molecule has 2 aromatic carbocycles. The van der Waals surface area contributed by atoms with Crippen LogP contribution < -0.4 is 10.1 Å². The normalized spacial score (nSPS) is 16.1. The number of halogens is 3. The Morgan fingerprint density at radius 3 is 2.26 bits per heavy atom. The van der Waals surface area contributed by atoms with Crippen molar-refractivity contribution >= 4 is 5.91 Å². The number of nitrogens with zero attached hydrogens (tertiary/aromatic N) is 1. The molecule has 1 saturated heterocycles. The van der Waals surface area contributed by atoms with Crippen molar-refractivity contribution in [3.8, 4) is 5.75 Å². The predicted octanol–water partition coefficient (Wildman–Crippen LogP) is 4.15. The highest BCUT2D eigenvalue weighted by Gasteiger charge is 2.31. The van der Waals surface area contributed by atoms with Gasteiger partial charge in [0.2, 0.25) is 0 Å². The molecule has 0 radical (unpaired) electrons. The standard InChI is InChI=1S/C20H21F3N2O2/c21-20(22,23)27-17-10-8-16(9-11-17)19(26)24-14-18(25-12-4-5-13-25)15-6-2-1-3-7-15/h1-3,6-11,18H,4-5,12-14H2,(H,24,26). The summed E-state index contributed by atoms with van der Waals surface area (Å²) in [5.41, 5.74) is 1.42. The van der Waals surface area contributed by atoms with Gasteiger partial charge in [-0.05, 0) is 55.8 Å². The topological polar surface area (TPSA) is 41.6 Å². The molecule has 1 aliphatic rings. The zero-order valence-corrected chi connectivity index (χ0v) is 14.7. The van der Waals surface area contributed by atoms with Gasteiger partial charge in [-0.1, -0.05) is 30.3 Å². The Bertz CT molecular complexity index is 742. The average Bonchev–Trinajstić information content (AvgIpc) is 3.16. The number of carbonyl (C=O) groups excluding carboxylic acids is 1. The fourth-order valence-corrected chi connectivity index (χ4v) is 3.29. The Hall–Kier alpha value is -2.54. The first-order valence-corrected chi connectivity index (χ1v) is 8.85. The van der Waals surface area contributed by atoms with Gasteiger partial charge in [0.15, 0.2) is 0 Å². The van der Waals surface area contributed by atoms with E-state index in [0.717, 1.165) is 43.6 Å². The second kappa shape index (κ2) is 8.43. The van der Waals surface area contributed by atoms with Crippen molar-refractivity contribution in [1.29, 1.82) is 0 Å². The molecule has 0 aromatic heterocycles. The maximum absolute atomic E-state index is 12.4. The monoisotopic (exact) mass is 378 g/mol. The fourth-order valence-electron chi connectivity index (χ4n) is 3.29. The van der Waals surface area contributed by atoms with E-state index in [0.29, 0.717) is 6.54 Å². The van der Waals surface area contributed by atoms with Crippen LogP contribution in [0.25, 0.3) is 0 Å². The number of hydrogen-bond acceptors (Lipinski definition) is 3. The van der Waals surface area contributed by atoms with Crippen molar-refractivity contribution < 1.29 is 22.7 Å². The summed E-state index contributed by atoms with van der Waals surface area (Å²) in [7, 11) is 0. The van der Waals surface area contributed by atoms with Gasteiger partial charge in [-0.25, -0.2) is 0 Å². The van der Waals surface area contributed by atoms with Crippen molar-refractivity contribution in [3.63, 3.8) is 0 Å². The summed E-state index contributed by atoms with van der Waals surface area (Å²) >= 11 is 0. The van der Waals surface area contributed by atoms with Crippen LogP contribution in [-0.4, -0.2) is 36.8 Å². The number of hydrogen-bond donors (Lipinski definition) is 1. The van der Waals surface area contributed by atoms with Crippen LogP contribution in [0.5, 0.6) is 5.75 Å². The first-order chi connectivity index (χ1) is 12.9. The van der Waals surface area contributed by atoms with Crippen LogP contribution in [0.2, 0.25) is 0 Å². The van der Waals surface area contributed by atoms with Crippen molar-refractivity contribution in [2.45, 2.75) is 25.2 Å². The number of nitrogens with one attached hydrogen (secondary N) is 1. The third-order valence-electron chi connectivity index (χ3n) is 4.57. The lowest BCUT2D eigenvalue weighted by Crippen LogP contribution is -2.36. The second-order valence-electron chi connectivity index (χ2n) is 6.45. The quantitative estimate of drug-likeness (QED) is 0.821. The Balaban J connectivity index is 1.63. The maximum Gasteiger partial charge on any atom is 0.573 e. The molecule has 27 heavy (non-hydrogen) atoms. The zero-order chi connectivity index (χ0) is 19.3. The third kappa shape index (κ3) is 5.47. The lowest BCUT2D eigenvalue weighted by atomic mass is 10.1. The van der Waals surface area contributed by atoms with Gasteiger partial charge in [0.1, 0.15) is 5.75 Å². The van der Waals surface area contributed by atoms with E-state index >= 15 is 0 Å². The molecule has 1 amide bonds. The van der Waals surface area contributed by atoms with Crippen LogP contribution in [0.15, 0.2) is 54.6 Å². The average molecular weight is 378 g/mol. The molecule has 1 heterocycles. The third-order valence-corrected chi connectivity index (χ3v) is 4.57. The number of ether oxygens (including phenoxy) is 1. The summed E-state index contributed by atoms with van der Waals surface area (Å²) in [6, 6.07) is 15.0. The molecule has 0 bridgehead atoms. The summed E-state index contributed by atoms with van der Waals surface area (Å²) in [4.78, 5) is 14.7. The van der Waals surface area contributed by atoms with Crippen LogP contribution in [0.3, 0.4) is 0 Å². The van der Waals surface area contributed by atoms with E-state index in [1.54, 1.807) is 0 Å². The first kappa shape index (κ1) is 19.2. The van der Waals surface area contributed by atoms with Crippen molar-refractivity contribution in [2.75, 3.05) is 19.6 Å².